The number of rotatable bonds is 5. The first kappa shape index (κ1) is 15.3. The summed E-state index contributed by atoms with van der Waals surface area (Å²) in [6.07, 6.45) is 1.74. The van der Waals surface area contributed by atoms with Crippen molar-refractivity contribution in [2.45, 2.75) is 13.0 Å². The number of furan rings is 1. The maximum atomic E-state index is 13.2. The molecule has 2 aromatic rings. The van der Waals surface area contributed by atoms with Crippen molar-refractivity contribution < 1.29 is 13.6 Å². The Hall–Kier alpha value is -2.13. The SMILES string of the molecule is N#CCCN(Cc1ccco1)C(=O)c1ccc(F)c(Br)c1. The molecule has 0 spiro atoms. The van der Waals surface area contributed by atoms with E-state index < -0.39 is 5.82 Å². The molecule has 1 aromatic heterocycles. The van der Waals surface area contributed by atoms with Crippen molar-refractivity contribution in [3.8, 4) is 6.07 Å². The summed E-state index contributed by atoms with van der Waals surface area (Å²) in [6, 6.07) is 9.58. The number of nitrogens with zero attached hydrogens (tertiary/aromatic N) is 2. The Morgan fingerprint density at radius 3 is 2.86 bits per heavy atom. The molecule has 0 N–H and O–H groups in total. The van der Waals surface area contributed by atoms with Crippen molar-refractivity contribution in [2.24, 2.45) is 0 Å². The van der Waals surface area contributed by atoms with Crippen LogP contribution in [0.5, 0.6) is 0 Å². The summed E-state index contributed by atoms with van der Waals surface area (Å²) in [4.78, 5) is 14.0. The van der Waals surface area contributed by atoms with Gasteiger partial charge in [0.2, 0.25) is 0 Å². The van der Waals surface area contributed by atoms with Crippen LogP contribution in [0.15, 0.2) is 45.5 Å². The standard InChI is InChI=1S/C15H12BrFN2O2/c16-13-9-11(4-5-14(13)17)15(20)19(7-2-6-18)10-12-3-1-8-21-12/h1,3-5,8-9H,2,7,10H2. The molecule has 2 rings (SSSR count). The fourth-order valence-electron chi connectivity index (χ4n) is 1.84. The number of benzene rings is 1. The number of carbonyl (C=O) groups is 1. The highest BCUT2D eigenvalue weighted by Crippen LogP contribution is 2.19. The second-order valence-electron chi connectivity index (χ2n) is 4.34. The predicted molar refractivity (Wildman–Crippen MR) is 77.8 cm³/mol. The normalized spacial score (nSPS) is 10.1. The van der Waals surface area contributed by atoms with E-state index in [-0.39, 0.29) is 29.9 Å². The topological polar surface area (TPSA) is 57.2 Å². The van der Waals surface area contributed by atoms with Crippen molar-refractivity contribution in [3.63, 3.8) is 0 Å². The summed E-state index contributed by atoms with van der Waals surface area (Å²) in [7, 11) is 0. The minimum absolute atomic E-state index is 0.217. The van der Waals surface area contributed by atoms with Gasteiger partial charge in [-0.05, 0) is 46.3 Å². The van der Waals surface area contributed by atoms with Crippen molar-refractivity contribution >= 4 is 21.8 Å². The van der Waals surface area contributed by atoms with E-state index in [4.69, 9.17) is 9.68 Å². The molecule has 0 radical (unpaired) electrons. The van der Waals surface area contributed by atoms with Crippen molar-refractivity contribution in [1.82, 2.24) is 4.90 Å². The van der Waals surface area contributed by atoms with Crippen LogP contribution in [0.3, 0.4) is 0 Å². The Balaban J connectivity index is 2.20. The minimum Gasteiger partial charge on any atom is -0.467 e. The number of carbonyl (C=O) groups excluding carboxylic acids is 1. The van der Waals surface area contributed by atoms with Gasteiger partial charge in [0.25, 0.3) is 5.91 Å². The first-order valence-electron chi connectivity index (χ1n) is 6.25. The molecule has 0 unspecified atom stereocenters. The molecule has 1 heterocycles. The fourth-order valence-corrected chi connectivity index (χ4v) is 2.22. The number of hydrogen-bond donors (Lipinski definition) is 0. The first-order valence-corrected chi connectivity index (χ1v) is 7.05. The highest BCUT2D eigenvalue weighted by atomic mass is 79.9. The second kappa shape index (κ2) is 7.04. The van der Waals surface area contributed by atoms with E-state index in [1.165, 1.54) is 29.4 Å². The Morgan fingerprint density at radius 2 is 2.24 bits per heavy atom. The van der Waals surface area contributed by atoms with E-state index in [1.54, 1.807) is 12.1 Å². The second-order valence-corrected chi connectivity index (χ2v) is 5.20. The monoisotopic (exact) mass is 350 g/mol. The molecular formula is C15H12BrFN2O2. The number of nitriles is 1. The van der Waals surface area contributed by atoms with Gasteiger partial charge in [0.15, 0.2) is 0 Å². The smallest absolute Gasteiger partial charge is 0.254 e. The van der Waals surface area contributed by atoms with Gasteiger partial charge in [-0.3, -0.25) is 4.79 Å². The average molecular weight is 351 g/mol. The molecule has 4 nitrogen and oxygen atoms in total. The molecule has 108 valence electrons. The zero-order valence-corrected chi connectivity index (χ0v) is 12.6. The summed E-state index contributed by atoms with van der Waals surface area (Å²) in [5.74, 6) is -0.0778. The third-order valence-corrected chi connectivity index (χ3v) is 3.48. The van der Waals surface area contributed by atoms with Crippen LogP contribution >= 0.6 is 15.9 Å². The van der Waals surface area contributed by atoms with E-state index in [2.05, 4.69) is 15.9 Å². The molecule has 6 heteroatoms. The Bertz CT molecular complexity index is 665. The van der Waals surface area contributed by atoms with E-state index in [1.807, 2.05) is 6.07 Å². The van der Waals surface area contributed by atoms with Crippen molar-refractivity contribution in [1.29, 1.82) is 5.26 Å². The van der Waals surface area contributed by atoms with Crippen LogP contribution in [0, 0.1) is 17.1 Å². The quantitative estimate of drug-likeness (QED) is 0.825. The first-order chi connectivity index (χ1) is 10.1. The van der Waals surface area contributed by atoms with Crippen LogP contribution in [0.1, 0.15) is 22.5 Å². The molecule has 0 aliphatic rings. The summed E-state index contributed by atoms with van der Waals surface area (Å²) in [6.45, 7) is 0.549. The van der Waals surface area contributed by atoms with Gasteiger partial charge in [-0.25, -0.2) is 4.39 Å². The lowest BCUT2D eigenvalue weighted by Crippen LogP contribution is -2.31. The molecule has 0 atom stereocenters. The van der Waals surface area contributed by atoms with Gasteiger partial charge in [0.1, 0.15) is 11.6 Å². The summed E-state index contributed by atoms with van der Waals surface area (Å²) in [5.41, 5.74) is 0.354. The summed E-state index contributed by atoms with van der Waals surface area (Å²) >= 11 is 3.06. The molecule has 1 amide bonds. The average Bonchev–Trinajstić information content (AvgIpc) is 2.98. The van der Waals surface area contributed by atoms with E-state index in [0.29, 0.717) is 11.3 Å². The van der Waals surface area contributed by atoms with Gasteiger partial charge in [0.05, 0.1) is 29.8 Å². The molecule has 0 aliphatic heterocycles. The molecule has 0 bridgehead atoms. The molecule has 1 aromatic carbocycles. The van der Waals surface area contributed by atoms with Gasteiger partial charge >= 0.3 is 0 Å². The van der Waals surface area contributed by atoms with Gasteiger partial charge in [-0.2, -0.15) is 5.26 Å². The molecular weight excluding hydrogens is 339 g/mol. The largest absolute Gasteiger partial charge is 0.467 e. The van der Waals surface area contributed by atoms with Crippen LogP contribution < -0.4 is 0 Å². The lowest BCUT2D eigenvalue weighted by Gasteiger charge is -2.20. The maximum absolute atomic E-state index is 13.2. The van der Waals surface area contributed by atoms with Crippen molar-refractivity contribution in [2.75, 3.05) is 6.54 Å². The number of amides is 1. The molecule has 0 fully saturated rings. The fraction of sp³-hybridized carbons (Fsp3) is 0.200. The zero-order valence-electron chi connectivity index (χ0n) is 11.1. The highest BCUT2D eigenvalue weighted by molar-refractivity contribution is 9.10. The Morgan fingerprint density at radius 1 is 1.43 bits per heavy atom. The molecule has 0 aliphatic carbocycles. The summed E-state index contributed by atoms with van der Waals surface area (Å²) in [5, 5.41) is 8.71. The minimum atomic E-state index is -0.429. The van der Waals surface area contributed by atoms with Gasteiger partial charge in [0, 0.05) is 12.1 Å². The molecule has 0 saturated carbocycles. The van der Waals surface area contributed by atoms with E-state index in [0.717, 1.165) is 0 Å². The molecule has 0 saturated heterocycles. The van der Waals surface area contributed by atoms with E-state index >= 15 is 0 Å². The lowest BCUT2D eigenvalue weighted by molar-refractivity contribution is 0.0735. The third-order valence-electron chi connectivity index (χ3n) is 2.87. The lowest BCUT2D eigenvalue weighted by atomic mass is 10.2. The maximum Gasteiger partial charge on any atom is 0.254 e. The Labute approximate surface area is 129 Å². The van der Waals surface area contributed by atoms with Gasteiger partial charge in [-0.15, -0.1) is 0 Å². The van der Waals surface area contributed by atoms with Crippen LogP contribution in [0.4, 0.5) is 4.39 Å². The highest BCUT2D eigenvalue weighted by Gasteiger charge is 2.18. The Kier molecular flexibility index (Phi) is 5.12. The zero-order chi connectivity index (χ0) is 15.2. The van der Waals surface area contributed by atoms with Crippen LogP contribution in [-0.4, -0.2) is 17.4 Å². The van der Waals surface area contributed by atoms with Gasteiger partial charge < -0.3 is 9.32 Å². The van der Waals surface area contributed by atoms with Crippen LogP contribution in [0.25, 0.3) is 0 Å². The van der Waals surface area contributed by atoms with Crippen molar-refractivity contribution in [3.05, 3.63) is 58.2 Å². The van der Waals surface area contributed by atoms with Crippen LogP contribution in [-0.2, 0) is 6.54 Å². The molecule has 21 heavy (non-hydrogen) atoms. The summed E-state index contributed by atoms with van der Waals surface area (Å²) < 4.78 is 18.7. The van der Waals surface area contributed by atoms with E-state index in [9.17, 15) is 9.18 Å². The van der Waals surface area contributed by atoms with Crippen LogP contribution in [0.2, 0.25) is 0 Å². The number of hydrogen-bond acceptors (Lipinski definition) is 3. The predicted octanol–water partition coefficient (Wildman–Crippen LogP) is 3.74. The third kappa shape index (κ3) is 3.92. The van der Waals surface area contributed by atoms with Gasteiger partial charge in [-0.1, -0.05) is 0 Å². The number of halogens is 2.